The molecule has 0 rings (SSSR count). The van der Waals surface area contributed by atoms with Crippen LogP contribution in [0.2, 0.25) is 0 Å². The maximum atomic E-state index is 11.7. The normalized spacial score (nSPS) is 13.8. The Balaban J connectivity index is 3.54. The van der Waals surface area contributed by atoms with Gasteiger partial charge in [-0.15, -0.1) is 0 Å². The molecule has 0 heterocycles. The van der Waals surface area contributed by atoms with Crippen LogP contribution in [0, 0.1) is 0 Å². The lowest BCUT2D eigenvalue weighted by Gasteiger charge is -2.19. The van der Waals surface area contributed by atoms with E-state index in [0.29, 0.717) is 6.61 Å². The summed E-state index contributed by atoms with van der Waals surface area (Å²) in [4.78, 5) is 1.89. The summed E-state index contributed by atoms with van der Waals surface area (Å²) in [5.74, 6) is 0.0665. The van der Waals surface area contributed by atoms with E-state index in [2.05, 4.69) is 6.92 Å². The maximum absolute atomic E-state index is 11.7. The molecule has 20 heavy (non-hydrogen) atoms. The lowest BCUT2D eigenvalue weighted by Crippen LogP contribution is -2.32. The van der Waals surface area contributed by atoms with Gasteiger partial charge in [-0.25, -0.2) is 0 Å². The first kappa shape index (κ1) is 19.9. The number of rotatable bonds is 13. The van der Waals surface area contributed by atoms with Gasteiger partial charge >= 0.3 is 0 Å². The molecular formula is C15H33NO3S. The highest BCUT2D eigenvalue weighted by atomic mass is 32.2. The molecule has 1 unspecified atom stereocenters. The molecule has 0 N–H and O–H groups in total. The Labute approximate surface area is 126 Å². The Morgan fingerprint density at radius 1 is 0.950 bits per heavy atom. The van der Waals surface area contributed by atoms with Crippen LogP contribution in [0.5, 0.6) is 0 Å². The Hall–Kier alpha value is -0.130. The summed E-state index contributed by atoms with van der Waals surface area (Å²) in [5, 5.41) is 0. The molecule has 0 saturated carbocycles. The summed E-state index contributed by atoms with van der Waals surface area (Å²) in [6.07, 6.45) is 9.56. The SMILES string of the molecule is CCCCCCCCCCOS(=O)(=O)CC(C)N(C)C. The van der Waals surface area contributed by atoms with Crippen molar-refractivity contribution in [2.45, 2.75) is 71.3 Å². The maximum Gasteiger partial charge on any atom is 0.268 e. The minimum absolute atomic E-state index is 0.0152. The third kappa shape index (κ3) is 11.7. The van der Waals surface area contributed by atoms with Gasteiger partial charge in [0.2, 0.25) is 0 Å². The number of nitrogens with zero attached hydrogens (tertiary/aromatic N) is 1. The van der Waals surface area contributed by atoms with Gasteiger partial charge in [-0.1, -0.05) is 51.9 Å². The fraction of sp³-hybridized carbons (Fsp3) is 1.00. The average Bonchev–Trinajstić information content (AvgIpc) is 2.36. The Morgan fingerprint density at radius 3 is 1.95 bits per heavy atom. The second kappa shape index (κ2) is 11.5. The molecule has 0 radical (unpaired) electrons. The van der Waals surface area contributed by atoms with E-state index in [-0.39, 0.29) is 11.8 Å². The van der Waals surface area contributed by atoms with Gasteiger partial charge in [0, 0.05) is 6.04 Å². The van der Waals surface area contributed by atoms with Crippen LogP contribution in [-0.4, -0.2) is 45.8 Å². The van der Waals surface area contributed by atoms with Crippen LogP contribution >= 0.6 is 0 Å². The lowest BCUT2D eigenvalue weighted by molar-refractivity contribution is 0.288. The van der Waals surface area contributed by atoms with Crippen molar-refractivity contribution in [1.82, 2.24) is 4.90 Å². The molecule has 5 heteroatoms. The van der Waals surface area contributed by atoms with Crippen LogP contribution in [0.4, 0.5) is 0 Å². The minimum Gasteiger partial charge on any atom is -0.306 e. The Morgan fingerprint density at radius 2 is 1.45 bits per heavy atom. The van der Waals surface area contributed by atoms with Gasteiger partial charge in [-0.05, 0) is 27.4 Å². The molecule has 0 spiro atoms. The van der Waals surface area contributed by atoms with Crippen molar-refractivity contribution in [2.24, 2.45) is 0 Å². The smallest absolute Gasteiger partial charge is 0.268 e. The fourth-order valence-corrected chi connectivity index (χ4v) is 3.27. The molecule has 0 bridgehead atoms. The minimum atomic E-state index is -3.37. The van der Waals surface area contributed by atoms with E-state index in [1.807, 2.05) is 25.9 Å². The van der Waals surface area contributed by atoms with Crippen molar-refractivity contribution in [3.63, 3.8) is 0 Å². The van der Waals surface area contributed by atoms with Crippen molar-refractivity contribution >= 4 is 10.1 Å². The van der Waals surface area contributed by atoms with Crippen LogP contribution < -0.4 is 0 Å². The highest BCUT2D eigenvalue weighted by Gasteiger charge is 2.17. The predicted molar refractivity (Wildman–Crippen MR) is 85.5 cm³/mol. The summed E-state index contributed by atoms with van der Waals surface area (Å²) in [5.41, 5.74) is 0. The number of hydrogen-bond donors (Lipinski definition) is 0. The van der Waals surface area contributed by atoms with Crippen LogP contribution in [-0.2, 0) is 14.3 Å². The van der Waals surface area contributed by atoms with Crippen molar-refractivity contribution in [1.29, 1.82) is 0 Å². The topological polar surface area (TPSA) is 46.6 Å². The van der Waals surface area contributed by atoms with Crippen molar-refractivity contribution in [2.75, 3.05) is 26.5 Å². The molecule has 0 aromatic rings. The van der Waals surface area contributed by atoms with E-state index < -0.39 is 10.1 Å². The first-order valence-electron chi connectivity index (χ1n) is 7.92. The molecule has 0 aliphatic rings. The van der Waals surface area contributed by atoms with E-state index in [1.165, 1.54) is 38.5 Å². The van der Waals surface area contributed by atoms with Crippen LogP contribution in [0.25, 0.3) is 0 Å². The predicted octanol–water partition coefficient (Wildman–Crippen LogP) is 3.42. The van der Waals surface area contributed by atoms with Gasteiger partial charge in [-0.3, -0.25) is 4.18 Å². The first-order chi connectivity index (χ1) is 9.39. The van der Waals surface area contributed by atoms with Gasteiger partial charge < -0.3 is 4.90 Å². The fourth-order valence-electron chi connectivity index (χ4n) is 1.91. The molecular weight excluding hydrogens is 274 g/mol. The molecule has 0 aromatic heterocycles. The Kier molecular flexibility index (Phi) is 11.4. The standard InChI is InChI=1S/C15H33NO3S/c1-5-6-7-8-9-10-11-12-13-19-20(17,18)14-15(2)16(3)4/h15H,5-14H2,1-4H3. The summed E-state index contributed by atoms with van der Waals surface area (Å²) in [7, 11) is 0.375. The summed E-state index contributed by atoms with van der Waals surface area (Å²) in [6, 6.07) is -0.0152. The molecule has 0 fully saturated rings. The molecule has 1 atom stereocenters. The quantitative estimate of drug-likeness (QED) is 0.386. The molecule has 0 aliphatic carbocycles. The van der Waals surface area contributed by atoms with E-state index in [9.17, 15) is 8.42 Å². The average molecular weight is 308 g/mol. The summed E-state index contributed by atoms with van der Waals surface area (Å²) in [6.45, 7) is 4.43. The van der Waals surface area contributed by atoms with Crippen LogP contribution in [0.15, 0.2) is 0 Å². The third-order valence-electron chi connectivity index (χ3n) is 3.59. The van der Waals surface area contributed by atoms with E-state index in [4.69, 9.17) is 4.18 Å². The molecule has 0 saturated heterocycles. The molecule has 122 valence electrons. The third-order valence-corrected chi connectivity index (χ3v) is 5.00. The highest BCUT2D eigenvalue weighted by molar-refractivity contribution is 7.86. The number of unbranched alkanes of at least 4 members (excludes halogenated alkanes) is 7. The molecule has 0 aromatic carbocycles. The van der Waals surface area contributed by atoms with Crippen molar-refractivity contribution < 1.29 is 12.6 Å². The van der Waals surface area contributed by atoms with Crippen LogP contribution in [0.1, 0.15) is 65.2 Å². The highest BCUT2D eigenvalue weighted by Crippen LogP contribution is 2.09. The first-order valence-corrected chi connectivity index (χ1v) is 9.50. The van der Waals surface area contributed by atoms with Gasteiger partial charge in [0.15, 0.2) is 0 Å². The largest absolute Gasteiger partial charge is 0.306 e. The summed E-state index contributed by atoms with van der Waals surface area (Å²) < 4.78 is 28.4. The van der Waals surface area contributed by atoms with Gasteiger partial charge in [0.1, 0.15) is 0 Å². The van der Waals surface area contributed by atoms with Crippen molar-refractivity contribution in [3.8, 4) is 0 Å². The zero-order valence-corrected chi connectivity index (χ0v) is 14.5. The van der Waals surface area contributed by atoms with E-state index >= 15 is 0 Å². The molecule has 4 nitrogen and oxygen atoms in total. The van der Waals surface area contributed by atoms with Crippen LogP contribution in [0.3, 0.4) is 0 Å². The van der Waals surface area contributed by atoms with Gasteiger partial charge in [-0.2, -0.15) is 8.42 Å². The molecule has 0 aliphatic heterocycles. The lowest BCUT2D eigenvalue weighted by atomic mass is 10.1. The van der Waals surface area contributed by atoms with Gasteiger partial charge in [0.25, 0.3) is 10.1 Å². The monoisotopic (exact) mass is 307 g/mol. The zero-order valence-electron chi connectivity index (χ0n) is 13.7. The van der Waals surface area contributed by atoms with Gasteiger partial charge in [0.05, 0.1) is 12.4 Å². The molecule has 0 amide bonds. The summed E-state index contributed by atoms with van der Waals surface area (Å²) >= 11 is 0. The van der Waals surface area contributed by atoms with Crippen molar-refractivity contribution in [3.05, 3.63) is 0 Å². The second-order valence-corrected chi connectivity index (χ2v) is 7.52. The zero-order chi connectivity index (χ0) is 15.4. The Bertz CT molecular complexity index is 315. The van der Waals surface area contributed by atoms with E-state index in [0.717, 1.165) is 12.8 Å². The number of hydrogen-bond acceptors (Lipinski definition) is 4. The second-order valence-electron chi connectivity index (χ2n) is 5.83. The van der Waals surface area contributed by atoms with E-state index in [1.54, 1.807) is 0 Å².